The van der Waals surface area contributed by atoms with E-state index in [1.165, 1.54) is 24.3 Å². The lowest BCUT2D eigenvalue weighted by Gasteiger charge is -2.16. The van der Waals surface area contributed by atoms with E-state index in [0.717, 1.165) is 0 Å². The Labute approximate surface area is 92.2 Å². The van der Waals surface area contributed by atoms with Crippen molar-refractivity contribution in [1.29, 1.82) is 0 Å². The van der Waals surface area contributed by atoms with Crippen LogP contribution in [0.25, 0.3) is 0 Å². The van der Waals surface area contributed by atoms with Gasteiger partial charge in [0.15, 0.2) is 6.10 Å². The molecule has 0 aromatic heterocycles. The van der Waals surface area contributed by atoms with Gasteiger partial charge < -0.3 is 9.84 Å². The second-order valence-electron chi connectivity index (χ2n) is 3.72. The number of halogens is 1. The molecule has 16 heavy (non-hydrogen) atoms. The lowest BCUT2D eigenvalue weighted by atomic mass is 10.0. The predicted octanol–water partition coefficient (Wildman–Crippen LogP) is 1.73. The van der Waals surface area contributed by atoms with Gasteiger partial charge in [-0.15, -0.1) is 0 Å². The Balaban J connectivity index is 2.17. The summed E-state index contributed by atoms with van der Waals surface area (Å²) in [5.74, 6) is -0.794. The molecular formula is C12H11FO3. The van der Waals surface area contributed by atoms with Gasteiger partial charge in [0.25, 0.3) is 0 Å². The van der Waals surface area contributed by atoms with Crippen LogP contribution >= 0.6 is 0 Å². The van der Waals surface area contributed by atoms with Gasteiger partial charge >= 0.3 is 5.97 Å². The normalized spacial score (nSPS) is 21.6. The van der Waals surface area contributed by atoms with Gasteiger partial charge in [-0.1, -0.05) is 12.1 Å². The van der Waals surface area contributed by atoms with Crippen LogP contribution in [0.1, 0.15) is 18.6 Å². The maximum atomic E-state index is 12.7. The van der Waals surface area contributed by atoms with E-state index >= 15 is 0 Å². The average Bonchev–Trinajstić information content (AvgIpc) is 2.59. The summed E-state index contributed by atoms with van der Waals surface area (Å²) in [6, 6.07) is 5.45. The van der Waals surface area contributed by atoms with Crippen molar-refractivity contribution in [1.82, 2.24) is 0 Å². The van der Waals surface area contributed by atoms with Crippen LogP contribution in [0, 0.1) is 5.82 Å². The quantitative estimate of drug-likeness (QED) is 0.775. The molecule has 4 heteroatoms. The SMILES string of the molecule is CC1=C[C@@H]([C@H](O)c2ccc(F)cc2)OC1=O. The molecule has 0 spiro atoms. The minimum absolute atomic E-state index is 0.369. The second kappa shape index (κ2) is 4.06. The lowest BCUT2D eigenvalue weighted by Crippen LogP contribution is -2.18. The van der Waals surface area contributed by atoms with Crippen molar-refractivity contribution < 1.29 is 19.0 Å². The fourth-order valence-electron chi connectivity index (χ4n) is 1.57. The molecule has 1 aromatic rings. The summed E-state index contributed by atoms with van der Waals surface area (Å²) in [7, 11) is 0. The molecule has 0 radical (unpaired) electrons. The Hall–Kier alpha value is -1.68. The molecule has 2 rings (SSSR count). The Morgan fingerprint density at radius 2 is 2.00 bits per heavy atom. The summed E-state index contributed by atoms with van der Waals surface area (Å²) >= 11 is 0. The van der Waals surface area contributed by atoms with E-state index in [0.29, 0.717) is 11.1 Å². The molecule has 3 nitrogen and oxygen atoms in total. The number of aliphatic hydroxyl groups excluding tert-OH is 1. The predicted molar refractivity (Wildman–Crippen MR) is 55.0 cm³/mol. The molecule has 0 bridgehead atoms. The first-order valence-corrected chi connectivity index (χ1v) is 4.91. The monoisotopic (exact) mass is 222 g/mol. The highest BCUT2D eigenvalue weighted by Crippen LogP contribution is 2.26. The van der Waals surface area contributed by atoms with Gasteiger partial charge in [-0.25, -0.2) is 9.18 Å². The minimum Gasteiger partial charge on any atom is -0.452 e. The number of ether oxygens (including phenoxy) is 1. The summed E-state index contributed by atoms with van der Waals surface area (Å²) in [5.41, 5.74) is 0.997. The van der Waals surface area contributed by atoms with Crippen molar-refractivity contribution in [3.8, 4) is 0 Å². The highest BCUT2D eigenvalue weighted by atomic mass is 19.1. The number of carbonyl (C=O) groups is 1. The Morgan fingerprint density at radius 3 is 2.50 bits per heavy atom. The average molecular weight is 222 g/mol. The van der Waals surface area contributed by atoms with Crippen molar-refractivity contribution in [3.05, 3.63) is 47.3 Å². The Bertz CT molecular complexity index is 436. The van der Waals surface area contributed by atoms with Crippen LogP contribution in [-0.4, -0.2) is 17.2 Å². The molecule has 1 aliphatic heterocycles. The first kappa shape index (κ1) is 10.8. The van der Waals surface area contributed by atoms with Crippen molar-refractivity contribution in [2.24, 2.45) is 0 Å². The number of aliphatic hydroxyl groups is 1. The minimum atomic E-state index is -0.956. The third-order valence-corrected chi connectivity index (χ3v) is 2.50. The van der Waals surface area contributed by atoms with Gasteiger partial charge in [0.05, 0.1) is 0 Å². The van der Waals surface area contributed by atoms with Gasteiger partial charge in [0.1, 0.15) is 11.9 Å². The van der Waals surface area contributed by atoms with E-state index in [1.807, 2.05) is 0 Å². The van der Waals surface area contributed by atoms with E-state index in [1.54, 1.807) is 13.0 Å². The number of hydrogen-bond donors (Lipinski definition) is 1. The largest absolute Gasteiger partial charge is 0.452 e. The summed E-state index contributed by atoms with van der Waals surface area (Å²) in [6.07, 6.45) is -0.0731. The van der Waals surface area contributed by atoms with Crippen LogP contribution in [0.3, 0.4) is 0 Å². The zero-order valence-electron chi connectivity index (χ0n) is 8.68. The first-order valence-electron chi connectivity index (χ1n) is 4.91. The van der Waals surface area contributed by atoms with Gasteiger partial charge in [-0.2, -0.15) is 0 Å². The number of cyclic esters (lactones) is 1. The number of hydrogen-bond acceptors (Lipinski definition) is 3. The maximum Gasteiger partial charge on any atom is 0.334 e. The zero-order valence-corrected chi connectivity index (χ0v) is 8.68. The van der Waals surface area contributed by atoms with Gasteiger partial charge in [-0.05, 0) is 30.7 Å². The van der Waals surface area contributed by atoms with E-state index in [2.05, 4.69) is 0 Å². The highest BCUT2D eigenvalue weighted by Gasteiger charge is 2.29. The lowest BCUT2D eigenvalue weighted by molar-refractivity contribution is -0.143. The van der Waals surface area contributed by atoms with E-state index in [-0.39, 0.29) is 5.82 Å². The summed E-state index contributed by atoms with van der Waals surface area (Å²) in [4.78, 5) is 11.1. The molecule has 1 aromatic carbocycles. The maximum absolute atomic E-state index is 12.7. The van der Waals surface area contributed by atoms with Crippen molar-refractivity contribution in [2.75, 3.05) is 0 Å². The fourth-order valence-corrected chi connectivity index (χ4v) is 1.57. The number of benzene rings is 1. The topological polar surface area (TPSA) is 46.5 Å². The molecule has 0 saturated carbocycles. The molecule has 0 unspecified atom stereocenters. The number of rotatable bonds is 2. The van der Waals surface area contributed by atoms with Crippen molar-refractivity contribution in [3.63, 3.8) is 0 Å². The van der Waals surface area contributed by atoms with Gasteiger partial charge in [-0.3, -0.25) is 0 Å². The Morgan fingerprint density at radius 1 is 1.38 bits per heavy atom. The van der Waals surface area contributed by atoms with Crippen molar-refractivity contribution in [2.45, 2.75) is 19.1 Å². The second-order valence-corrected chi connectivity index (χ2v) is 3.72. The molecule has 84 valence electrons. The molecule has 1 heterocycles. The van der Waals surface area contributed by atoms with Gasteiger partial charge in [0, 0.05) is 5.57 Å². The summed E-state index contributed by atoms with van der Waals surface area (Å²) < 4.78 is 17.6. The Kier molecular flexibility index (Phi) is 2.75. The summed E-state index contributed by atoms with van der Waals surface area (Å²) in [6.45, 7) is 1.62. The van der Waals surface area contributed by atoms with Crippen LogP contribution in [-0.2, 0) is 9.53 Å². The molecular weight excluding hydrogens is 211 g/mol. The third-order valence-electron chi connectivity index (χ3n) is 2.50. The van der Waals surface area contributed by atoms with Crippen LogP contribution < -0.4 is 0 Å². The smallest absolute Gasteiger partial charge is 0.334 e. The molecule has 0 fully saturated rings. The third kappa shape index (κ3) is 1.97. The molecule has 2 atom stereocenters. The van der Waals surface area contributed by atoms with Crippen LogP contribution in [0.2, 0.25) is 0 Å². The molecule has 0 aliphatic carbocycles. The van der Waals surface area contributed by atoms with Crippen LogP contribution in [0.5, 0.6) is 0 Å². The molecule has 0 saturated heterocycles. The highest BCUT2D eigenvalue weighted by molar-refractivity contribution is 5.90. The van der Waals surface area contributed by atoms with Crippen LogP contribution in [0.4, 0.5) is 4.39 Å². The van der Waals surface area contributed by atoms with E-state index in [9.17, 15) is 14.3 Å². The molecule has 1 N–H and O–H groups in total. The fraction of sp³-hybridized carbons (Fsp3) is 0.250. The zero-order chi connectivity index (χ0) is 11.7. The van der Waals surface area contributed by atoms with Crippen LogP contribution in [0.15, 0.2) is 35.9 Å². The number of esters is 1. The molecule has 0 amide bonds. The van der Waals surface area contributed by atoms with Gasteiger partial charge in [0.2, 0.25) is 0 Å². The van der Waals surface area contributed by atoms with E-state index in [4.69, 9.17) is 4.74 Å². The first-order chi connectivity index (χ1) is 7.58. The van der Waals surface area contributed by atoms with E-state index < -0.39 is 18.2 Å². The van der Waals surface area contributed by atoms with Crippen molar-refractivity contribution >= 4 is 5.97 Å². The standard InChI is InChI=1S/C12H11FO3/c1-7-6-10(16-12(7)15)11(14)8-2-4-9(13)5-3-8/h2-6,10-11,14H,1H3/t10-,11+/m0/s1. The summed E-state index contributed by atoms with van der Waals surface area (Å²) in [5, 5.41) is 9.90. The number of carbonyl (C=O) groups excluding carboxylic acids is 1. The molecule has 1 aliphatic rings.